The van der Waals surface area contributed by atoms with Gasteiger partial charge in [0.05, 0.1) is 0 Å². The van der Waals surface area contributed by atoms with Crippen molar-refractivity contribution in [2.75, 3.05) is 6.54 Å². The minimum absolute atomic E-state index is 0.369. The van der Waals surface area contributed by atoms with Gasteiger partial charge in [-0.05, 0) is 42.8 Å². The SMILES string of the molecule is CCCCCCCCNCc1ccc(OCc2c(Cl)cccc2Cl)cc1. The maximum Gasteiger partial charge on any atom is 0.119 e. The maximum atomic E-state index is 6.17. The molecule has 2 rings (SSSR count). The van der Waals surface area contributed by atoms with Crippen LogP contribution in [-0.4, -0.2) is 6.54 Å². The standard InChI is InChI=1S/C22H29Cl2NO/c1-2-3-4-5-6-7-15-25-16-18-11-13-19(14-12-18)26-17-20-21(23)9-8-10-22(20)24/h8-14,25H,2-7,15-17H2,1H3. The normalized spacial score (nSPS) is 10.9. The Labute approximate surface area is 167 Å². The number of rotatable bonds is 12. The van der Waals surface area contributed by atoms with Crippen LogP contribution in [0.3, 0.4) is 0 Å². The third-order valence-electron chi connectivity index (χ3n) is 4.40. The first-order chi connectivity index (χ1) is 12.7. The summed E-state index contributed by atoms with van der Waals surface area (Å²) in [6.07, 6.45) is 7.98. The van der Waals surface area contributed by atoms with Gasteiger partial charge in [0.1, 0.15) is 12.4 Å². The summed E-state index contributed by atoms with van der Waals surface area (Å²) in [4.78, 5) is 0. The lowest BCUT2D eigenvalue weighted by Gasteiger charge is -2.10. The van der Waals surface area contributed by atoms with Gasteiger partial charge in [-0.2, -0.15) is 0 Å². The number of benzene rings is 2. The van der Waals surface area contributed by atoms with Crippen molar-refractivity contribution < 1.29 is 4.74 Å². The van der Waals surface area contributed by atoms with E-state index in [0.29, 0.717) is 16.7 Å². The molecule has 2 aromatic carbocycles. The Kier molecular flexibility index (Phi) is 9.91. The van der Waals surface area contributed by atoms with Gasteiger partial charge in [0, 0.05) is 22.2 Å². The molecule has 0 radical (unpaired) electrons. The Morgan fingerprint density at radius 1 is 0.846 bits per heavy atom. The molecule has 0 unspecified atom stereocenters. The number of unbranched alkanes of at least 4 members (excludes halogenated alkanes) is 5. The molecule has 142 valence electrons. The molecular formula is C22H29Cl2NO. The number of ether oxygens (including phenoxy) is 1. The van der Waals surface area contributed by atoms with Crippen molar-refractivity contribution in [3.05, 3.63) is 63.6 Å². The highest BCUT2D eigenvalue weighted by molar-refractivity contribution is 6.35. The minimum atomic E-state index is 0.369. The van der Waals surface area contributed by atoms with Crippen LogP contribution in [0.15, 0.2) is 42.5 Å². The van der Waals surface area contributed by atoms with Crippen LogP contribution >= 0.6 is 23.2 Å². The summed E-state index contributed by atoms with van der Waals surface area (Å²) in [5.74, 6) is 0.820. The van der Waals surface area contributed by atoms with Crippen molar-refractivity contribution in [3.63, 3.8) is 0 Å². The van der Waals surface area contributed by atoms with Gasteiger partial charge in [-0.3, -0.25) is 0 Å². The molecular weight excluding hydrogens is 365 g/mol. The molecule has 0 saturated carbocycles. The first-order valence-corrected chi connectivity index (χ1v) is 10.3. The van der Waals surface area contributed by atoms with Crippen LogP contribution in [0, 0.1) is 0 Å². The molecule has 0 spiro atoms. The molecule has 0 aliphatic rings. The highest BCUT2D eigenvalue weighted by Gasteiger charge is 2.06. The lowest BCUT2D eigenvalue weighted by atomic mass is 10.1. The molecule has 1 N–H and O–H groups in total. The molecule has 2 nitrogen and oxygen atoms in total. The van der Waals surface area contributed by atoms with E-state index in [4.69, 9.17) is 27.9 Å². The molecule has 0 saturated heterocycles. The first-order valence-electron chi connectivity index (χ1n) is 9.56. The summed E-state index contributed by atoms with van der Waals surface area (Å²) < 4.78 is 5.81. The fourth-order valence-electron chi connectivity index (χ4n) is 2.79. The highest BCUT2D eigenvalue weighted by atomic mass is 35.5. The van der Waals surface area contributed by atoms with E-state index in [-0.39, 0.29) is 0 Å². The molecule has 0 aliphatic carbocycles. The number of halogens is 2. The van der Waals surface area contributed by atoms with E-state index in [0.717, 1.165) is 24.4 Å². The van der Waals surface area contributed by atoms with Gasteiger partial charge in [0.25, 0.3) is 0 Å². The first kappa shape index (κ1) is 21.1. The predicted octanol–water partition coefficient (Wildman–Crippen LogP) is 7.02. The van der Waals surface area contributed by atoms with Crippen molar-refractivity contribution in [3.8, 4) is 5.75 Å². The van der Waals surface area contributed by atoms with Crippen LogP contribution in [0.5, 0.6) is 5.75 Å². The van der Waals surface area contributed by atoms with Crippen molar-refractivity contribution in [1.82, 2.24) is 5.32 Å². The molecule has 0 bridgehead atoms. The highest BCUT2D eigenvalue weighted by Crippen LogP contribution is 2.25. The number of nitrogens with one attached hydrogen (secondary N) is 1. The Bertz CT molecular complexity index is 623. The predicted molar refractivity (Wildman–Crippen MR) is 112 cm³/mol. The van der Waals surface area contributed by atoms with Crippen molar-refractivity contribution in [2.24, 2.45) is 0 Å². The van der Waals surface area contributed by atoms with Gasteiger partial charge in [-0.15, -0.1) is 0 Å². The second kappa shape index (κ2) is 12.2. The Morgan fingerprint density at radius 3 is 2.19 bits per heavy atom. The van der Waals surface area contributed by atoms with Crippen LogP contribution in [-0.2, 0) is 13.2 Å². The smallest absolute Gasteiger partial charge is 0.119 e. The van der Waals surface area contributed by atoms with Gasteiger partial charge in [-0.25, -0.2) is 0 Å². The molecule has 0 aliphatic heterocycles. The quantitative estimate of drug-likeness (QED) is 0.391. The van der Waals surface area contributed by atoms with Gasteiger partial charge in [0.2, 0.25) is 0 Å². The van der Waals surface area contributed by atoms with Gasteiger partial charge < -0.3 is 10.1 Å². The fraction of sp³-hybridized carbons (Fsp3) is 0.455. The third kappa shape index (κ3) is 7.57. The van der Waals surface area contributed by atoms with Crippen molar-refractivity contribution in [1.29, 1.82) is 0 Å². The van der Waals surface area contributed by atoms with Crippen LogP contribution in [0.2, 0.25) is 10.0 Å². The molecule has 0 fully saturated rings. The summed E-state index contributed by atoms with van der Waals surface area (Å²) in [5.41, 5.74) is 2.08. The largest absolute Gasteiger partial charge is 0.489 e. The van der Waals surface area contributed by atoms with Gasteiger partial charge >= 0.3 is 0 Å². The van der Waals surface area contributed by atoms with Gasteiger partial charge in [-0.1, -0.05) is 80.4 Å². The maximum absolute atomic E-state index is 6.17. The van der Waals surface area contributed by atoms with E-state index in [2.05, 4.69) is 24.4 Å². The van der Waals surface area contributed by atoms with E-state index in [9.17, 15) is 0 Å². The molecule has 0 heterocycles. The molecule has 4 heteroatoms. The lowest BCUT2D eigenvalue weighted by Crippen LogP contribution is -2.14. The van der Waals surface area contributed by atoms with Gasteiger partial charge in [0.15, 0.2) is 0 Å². The average molecular weight is 394 g/mol. The monoisotopic (exact) mass is 393 g/mol. The third-order valence-corrected chi connectivity index (χ3v) is 5.11. The summed E-state index contributed by atoms with van der Waals surface area (Å²) >= 11 is 12.3. The summed E-state index contributed by atoms with van der Waals surface area (Å²) in [5, 5.41) is 4.77. The summed E-state index contributed by atoms with van der Waals surface area (Å²) in [7, 11) is 0. The van der Waals surface area contributed by atoms with E-state index in [1.807, 2.05) is 30.3 Å². The van der Waals surface area contributed by atoms with Crippen LogP contribution in [0.25, 0.3) is 0 Å². The Balaban J connectivity index is 1.66. The van der Waals surface area contributed by atoms with Crippen LogP contribution < -0.4 is 10.1 Å². The van der Waals surface area contributed by atoms with Crippen LogP contribution in [0.4, 0.5) is 0 Å². The zero-order chi connectivity index (χ0) is 18.6. The number of hydrogen-bond acceptors (Lipinski definition) is 2. The van der Waals surface area contributed by atoms with Crippen molar-refractivity contribution in [2.45, 2.75) is 58.6 Å². The molecule has 0 aromatic heterocycles. The fourth-order valence-corrected chi connectivity index (χ4v) is 3.30. The second-order valence-corrected chi connectivity index (χ2v) is 7.39. The second-order valence-electron chi connectivity index (χ2n) is 6.58. The average Bonchev–Trinajstić information content (AvgIpc) is 2.64. The molecule has 0 amide bonds. The molecule has 0 atom stereocenters. The van der Waals surface area contributed by atoms with E-state index in [1.54, 1.807) is 0 Å². The zero-order valence-corrected chi connectivity index (χ0v) is 17.1. The lowest BCUT2D eigenvalue weighted by molar-refractivity contribution is 0.306. The van der Waals surface area contributed by atoms with Crippen LogP contribution in [0.1, 0.15) is 56.6 Å². The van der Waals surface area contributed by atoms with Crippen molar-refractivity contribution >= 4 is 23.2 Å². The summed E-state index contributed by atoms with van der Waals surface area (Å²) in [6, 6.07) is 13.7. The topological polar surface area (TPSA) is 21.3 Å². The Morgan fingerprint density at radius 2 is 1.50 bits per heavy atom. The number of hydrogen-bond donors (Lipinski definition) is 1. The molecule has 2 aromatic rings. The summed E-state index contributed by atoms with van der Waals surface area (Å²) in [6.45, 7) is 4.60. The zero-order valence-electron chi connectivity index (χ0n) is 15.6. The Hall–Kier alpha value is -1.22. The van der Waals surface area contributed by atoms with E-state index < -0.39 is 0 Å². The molecule has 26 heavy (non-hydrogen) atoms. The van der Waals surface area contributed by atoms with E-state index in [1.165, 1.54) is 44.1 Å². The van der Waals surface area contributed by atoms with E-state index >= 15 is 0 Å². The minimum Gasteiger partial charge on any atom is -0.489 e.